The van der Waals surface area contributed by atoms with Crippen LogP contribution in [0.2, 0.25) is 0 Å². The largest absolute Gasteiger partial charge is 0.394 e. The van der Waals surface area contributed by atoms with Crippen LogP contribution in [-0.4, -0.2) is 43.6 Å². The Morgan fingerprint density at radius 1 is 1.43 bits per heavy atom. The topological polar surface area (TPSA) is 68.5 Å². The number of morpholine rings is 1. The minimum Gasteiger partial charge on any atom is -0.394 e. The minimum atomic E-state index is -0.165. The van der Waals surface area contributed by atoms with Crippen LogP contribution in [-0.2, 0) is 11.3 Å². The van der Waals surface area contributed by atoms with Crippen molar-refractivity contribution in [3.63, 3.8) is 0 Å². The van der Waals surface area contributed by atoms with Gasteiger partial charge < -0.3 is 20.1 Å². The van der Waals surface area contributed by atoms with Gasteiger partial charge in [0.2, 0.25) is 0 Å². The molecule has 1 atom stereocenters. The number of hydrogen-bond acceptors (Lipinski definition) is 5. The maximum absolute atomic E-state index is 9.41. The average Bonchev–Trinajstić information content (AvgIpc) is 3.37. The molecule has 1 saturated heterocycles. The van der Waals surface area contributed by atoms with Crippen LogP contribution in [0, 0.1) is 11.3 Å². The highest BCUT2D eigenvalue weighted by atomic mass is 16.5. The molecule has 0 radical (unpaired) electrons. The molecule has 0 amide bonds. The minimum absolute atomic E-state index is 0.0157. The lowest BCUT2D eigenvalue weighted by molar-refractivity contribution is 0.00355. The van der Waals surface area contributed by atoms with Gasteiger partial charge in [-0.1, -0.05) is 6.07 Å². The van der Waals surface area contributed by atoms with Gasteiger partial charge >= 0.3 is 0 Å². The van der Waals surface area contributed by atoms with E-state index in [0.717, 1.165) is 24.3 Å². The molecule has 112 valence electrons. The molecule has 5 heteroatoms. The number of nitrogens with zero attached hydrogens (tertiary/aromatic N) is 2. The van der Waals surface area contributed by atoms with Gasteiger partial charge in [-0.05, 0) is 30.5 Å². The van der Waals surface area contributed by atoms with Crippen LogP contribution in [0.4, 0.5) is 5.69 Å². The molecule has 2 fully saturated rings. The fourth-order valence-corrected chi connectivity index (χ4v) is 2.66. The fraction of sp³-hybridized carbons (Fsp3) is 0.562. The predicted molar refractivity (Wildman–Crippen MR) is 80.1 cm³/mol. The Morgan fingerprint density at radius 2 is 2.29 bits per heavy atom. The summed E-state index contributed by atoms with van der Waals surface area (Å²) < 4.78 is 5.46. The van der Waals surface area contributed by atoms with E-state index in [1.54, 1.807) is 0 Å². The smallest absolute Gasteiger partial charge is 0.101 e. The summed E-state index contributed by atoms with van der Waals surface area (Å²) >= 11 is 0. The number of hydrogen-bond donors (Lipinski definition) is 2. The van der Waals surface area contributed by atoms with Crippen molar-refractivity contribution in [2.45, 2.75) is 31.5 Å². The van der Waals surface area contributed by atoms with Gasteiger partial charge in [0.05, 0.1) is 30.6 Å². The average molecular weight is 287 g/mol. The molecule has 0 aromatic heterocycles. The van der Waals surface area contributed by atoms with Crippen LogP contribution < -0.4 is 10.2 Å². The summed E-state index contributed by atoms with van der Waals surface area (Å²) in [5, 5.41) is 22.1. The zero-order chi connectivity index (χ0) is 14.7. The molecule has 1 aromatic rings. The monoisotopic (exact) mass is 287 g/mol. The van der Waals surface area contributed by atoms with E-state index in [-0.39, 0.29) is 12.7 Å². The third-order valence-electron chi connectivity index (χ3n) is 4.04. The molecule has 1 aliphatic carbocycles. The summed E-state index contributed by atoms with van der Waals surface area (Å²) in [5.41, 5.74) is 2.78. The highest BCUT2D eigenvalue weighted by molar-refractivity contribution is 5.60. The van der Waals surface area contributed by atoms with Crippen molar-refractivity contribution < 1.29 is 9.84 Å². The molecule has 3 rings (SSSR count). The number of benzene rings is 1. The standard InChI is InChI=1S/C16H21N3O2/c17-8-13-7-12(9-18-14-2-3-14)1-4-16(13)19-5-6-21-15(10-19)11-20/h1,4,7,14-15,18,20H,2-3,5-6,9-11H2. The zero-order valence-corrected chi connectivity index (χ0v) is 12.1. The maximum atomic E-state index is 9.41. The van der Waals surface area contributed by atoms with Gasteiger partial charge in [0.25, 0.3) is 0 Å². The van der Waals surface area contributed by atoms with Crippen molar-refractivity contribution in [3.05, 3.63) is 29.3 Å². The molecule has 21 heavy (non-hydrogen) atoms. The van der Waals surface area contributed by atoms with Gasteiger partial charge in [-0.2, -0.15) is 5.26 Å². The quantitative estimate of drug-likeness (QED) is 0.846. The van der Waals surface area contributed by atoms with Gasteiger partial charge in [0, 0.05) is 25.7 Å². The molecular formula is C16H21N3O2. The van der Waals surface area contributed by atoms with Crippen molar-refractivity contribution in [3.8, 4) is 6.07 Å². The van der Waals surface area contributed by atoms with Crippen molar-refractivity contribution in [2.75, 3.05) is 31.2 Å². The molecule has 2 N–H and O–H groups in total. The Hall–Kier alpha value is -1.61. The molecule has 0 spiro atoms. The van der Waals surface area contributed by atoms with Crippen molar-refractivity contribution in [2.24, 2.45) is 0 Å². The van der Waals surface area contributed by atoms with E-state index < -0.39 is 0 Å². The Kier molecular flexibility index (Phi) is 4.39. The van der Waals surface area contributed by atoms with E-state index in [4.69, 9.17) is 4.74 Å². The Balaban J connectivity index is 1.73. The summed E-state index contributed by atoms with van der Waals surface area (Å²) in [6, 6.07) is 9.02. The number of ether oxygens (including phenoxy) is 1. The first-order chi connectivity index (χ1) is 10.3. The van der Waals surface area contributed by atoms with E-state index >= 15 is 0 Å². The highest BCUT2D eigenvalue weighted by Gasteiger charge is 2.23. The van der Waals surface area contributed by atoms with Crippen molar-refractivity contribution >= 4 is 5.69 Å². The van der Waals surface area contributed by atoms with Gasteiger partial charge in [-0.25, -0.2) is 0 Å². The first-order valence-electron chi connectivity index (χ1n) is 7.54. The number of anilines is 1. The summed E-state index contributed by atoms with van der Waals surface area (Å²) in [7, 11) is 0. The first-order valence-corrected chi connectivity index (χ1v) is 7.54. The van der Waals surface area contributed by atoms with Gasteiger partial charge in [-0.3, -0.25) is 0 Å². The second kappa shape index (κ2) is 6.44. The number of nitriles is 1. The Labute approximate surface area is 125 Å². The van der Waals surface area contributed by atoms with E-state index in [0.29, 0.717) is 24.8 Å². The zero-order valence-electron chi connectivity index (χ0n) is 12.1. The lowest BCUT2D eigenvalue weighted by Crippen LogP contribution is -2.44. The van der Waals surface area contributed by atoms with Gasteiger partial charge in [-0.15, -0.1) is 0 Å². The Morgan fingerprint density at radius 3 is 3.00 bits per heavy atom. The van der Waals surface area contributed by atoms with Gasteiger partial charge in [0.1, 0.15) is 6.07 Å². The molecule has 1 heterocycles. The lowest BCUT2D eigenvalue weighted by Gasteiger charge is -2.34. The Bertz CT molecular complexity index is 537. The number of aliphatic hydroxyl groups is 1. The van der Waals surface area contributed by atoms with Crippen molar-refractivity contribution in [1.82, 2.24) is 5.32 Å². The number of rotatable bonds is 5. The van der Waals surface area contributed by atoms with Crippen molar-refractivity contribution in [1.29, 1.82) is 5.26 Å². The highest BCUT2D eigenvalue weighted by Crippen LogP contribution is 2.25. The number of aliphatic hydroxyl groups excluding tert-OH is 1. The second-order valence-corrected chi connectivity index (χ2v) is 5.74. The van der Waals surface area contributed by atoms with E-state index in [2.05, 4.69) is 22.4 Å². The summed E-state index contributed by atoms with van der Waals surface area (Å²) in [4.78, 5) is 2.13. The molecule has 1 aromatic carbocycles. The summed E-state index contributed by atoms with van der Waals surface area (Å²) in [6.07, 6.45) is 2.36. The molecule has 5 nitrogen and oxygen atoms in total. The first kappa shape index (κ1) is 14.3. The third-order valence-corrected chi connectivity index (χ3v) is 4.04. The molecule has 0 bridgehead atoms. The van der Waals surface area contributed by atoms with Crippen LogP contribution in [0.5, 0.6) is 0 Å². The SMILES string of the molecule is N#Cc1cc(CNC2CC2)ccc1N1CCOC(CO)C1. The maximum Gasteiger partial charge on any atom is 0.101 e. The van der Waals surface area contributed by atoms with Gasteiger partial charge in [0.15, 0.2) is 0 Å². The lowest BCUT2D eigenvalue weighted by atomic mass is 10.1. The molecule has 1 aliphatic heterocycles. The second-order valence-electron chi connectivity index (χ2n) is 5.74. The van der Waals surface area contributed by atoms with Crippen LogP contribution in [0.25, 0.3) is 0 Å². The molecular weight excluding hydrogens is 266 g/mol. The summed E-state index contributed by atoms with van der Waals surface area (Å²) in [6.45, 7) is 2.81. The molecule has 1 unspecified atom stereocenters. The van der Waals surface area contributed by atoms with Crippen LogP contribution in [0.3, 0.4) is 0 Å². The third kappa shape index (κ3) is 3.53. The van der Waals surface area contributed by atoms with E-state index in [1.807, 2.05) is 12.1 Å². The van der Waals surface area contributed by atoms with Crippen LogP contribution >= 0.6 is 0 Å². The van der Waals surface area contributed by atoms with E-state index in [1.165, 1.54) is 12.8 Å². The molecule has 1 saturated carbocycles. The van der Waals surface area contributed by atoms with E-state index in [9.17, 15) is 10.4 Å². The molecule has 2 aliphatic rings. The predicted octanol–water partition coefficient (Wildman–Crippen LogP) is 1.01. The van der Waals surface area contributed by atoms with Crippen LogP contribution in [0.15, 0.2) is 18.2 Å². The summed E-state index contributed by atoms with van der Waals surface area (Å²) in [5.74, 6) is 0. The fourth-order valence-electron chi connectivity index (χ4n) is 2.66. The number of nitrogens with one attached hydrogen (secondary N) is 1. The van der Waals surface area contributed by atoms with Crippen LogP contribution in [0.1, 0.15) is 24.0 Å². The normalized spacial score (nSPS) is 22.1.